The summed E-state index contributed by atoms with van der Waals surface area (Å²) in [6.45, 7) is 8.21. The van der Waals surface area contributed by atoms with Crippen LogP contribution in [0.3, 0.4) is 0 Å². The number of aromatic nitrogens is 2. The average molecular weight is 284 g/mol. The fourth-order valence-corrected chi connectivity index (χ4v) is 2.03. The molecule has 0 aliphatic heterocycles. The summed E-state index contributed by atoms with van der Waals surface area (Å²) in [5.41, 5.74) is 3.33. The Kier molecular flexibility index (Phi) is 5.28. The van der Waals surface area contributed by atoms with Crippen molar-refractivity contribution in [3.63, 3.8) is 0 Å². The molecule has 0 fully saturated rings. The van der Waals surface area contributed by atoms with Gasteiger partial charge in [0.2, 0.25) is 0 Å². The van der Waals surface area contributed by atoms with Gasteiger partial charge in [-0.2, -0.15) is 0 Å². The summed E-state index contributed by atoms with van der Waals surface area (Å²) in [6, 6.07) is 8.40. The first kappa shape index (κ1) is 15.4. The SMILES string of the molecule is Cc1ccc(N(C)c2cncc(CNCC(C)C)n2)cc1. The van der Waals surface area contributed by atoms with Gasteiger partial charge in [0.25, 0.3) is 0 Å². The van der Waals surface area contributed by atoms with Gasteiger partial charge in [-0.05, 0) is 31.5 Å². The lowest BCUT2D eigenvalue weighted by molar-refractivity contribution is 0.547. The van der Waals surface area contributed by atoms with Gasteiger partial charge in [0.15, 0.2) is 5.82 Å². The van der Waals surface area contributed by atoms with Gasteiger partial charge >= 0.3 is 0 Å². The molecule has 0 spiro atoms. The molecule has 0 saturated carbocycles. The molecule has 21 heavy (non-hydrogen) atoms. The Balaban J connectivity index is 2.07. The van der Waals surface area contributed by atoms with E-state index in [4.69, 9.17) is 0 Å². The van der Waals surface area contributed by atoms with E-state index < -0.39 is 0 Å². The molecule has 2 rings (SSSR count). The Bertz CT molecular complexity index is 563. The number of hydrogen-bond acceptors (Lipinski definition) is 4. The van der Waals surface area contributed by atoms with Crippen LogP contribution in [0.1, 0.15) is 25.1 Å². The number of nitrogens with one attached hydrogen (secondary N) is 1. The van der Waals surface area contributed by atoms with Crippen LogP contribution in [0.15, 0.2) is 36.7 Å². The number of rotatable bonds is 6. The van der Waals surface area contributed by atoms with Gasteiger partial charge in [0.05, 0.1) is 11.9 Å². The quantitative estimate of drug-likeness (QED) is 0.883. The summed E-state index contributed by atoms with van der Waals surface area (Å²) in [6.07, 6.45) is 3.62. The van der Waals surface area contributed by atoms with Crippen molar-refractivity contribution in [3.05, 3.63) is 47.9 Å². The van der Waals surface area contributed by atoms with Gasteiger partial charge in [-0.15, -0.1) is 0 Å². The van der Waals surface area contributed by atoms with E-state index in [9.17, 15) is 0 Å². The summed E-state index contributed by atoms with van der Waals surface area (Å²) in [4.78, 5) is 11.0. The molecular formula is C17H24N4. The first-order valence-corrected chi connectivity index (χ1v) is 7.38. The van der Waals surface area contributed by atoms with Crippen molar-refractivity contribution in [2.75, 3.05) is 18.5 Å². The Labute approximate surface area is 127 Å². The monoisotopic (exact) mass is 284 g/mol. The molecule has 0 atom stereocenters. The van der Waals surface area contributed by atoms with E-state index in [-0.39, 0.29) is 0 Å². The molecule has 0 amide bonds. The van der Waals surface area contributed by atoms with Crippen molar-refractivity contribution in [1.82, 2.24) is 15.3 Å². The van der Waals surface area contributed by atoms with E-state index in [0.29, 0.717) is 5.92 Å². The van der Waals surface area contributed by atoms with Crippen molar-refractivity contribution < 1.29 is 0 Å². The number of anilines is 2. The fourth-order valence-electron chi connectivity index (χ4n) is 2.03. The van der Waals surface area contributed by atoms with Crippen LogP contribution in [-0.4, -0.2) is 23.6 Å². The molecule has 1 heterocycles. The van der Waals surface area contributed by atoms with Crippen molar-refractivity contribution in [2.24, 2.45) is 5.92 Å². The molecule has 2 aromatic rings. The molecule has 0 aliphatic carbocycles. The van der Waals surface area contributed by atoms with Crippen LogP contribution in [-0.2, 0) is 6.54 Å². The van der Waals surface area contributed by atoms with Crippen molar-refractivity contribution in [3.8, 4) is 0 Å². The molecule has 0 bridgehead atoms. The van der Waals surface area contributed by atoms with Crippen molar-refractivity contribution in [2.45, 2.75) is 27.3 Å². The van der Waals surface area contributed by atoms with Gasteiger partial charge in [-0.3, -0.25) is 4.98 Å². The van der Waals surface area contributed by atoms with Gasteiger partial charge in [0.1, 0.15) is 0 Å². The maximum Gasteiger partial charge on any atom is 0.151 e. The van der Waals surface area contributed by atoms with E-state index in [1.54, 1.807) is 6.20 Å². The molecular weight excluding hydrogens is 260 g/mol. The number of aryl methyl sites for hydroxylation is 1. The summed E-state index contributed by atoms with van der Waals surface area (Å²) in [5, 5.41) is 3.39. The molecule has 0 saturated heterocycles. The third-order valence-corrected chi connectivity index (χ3v) is 3.30. The third-order valence-electron chi connectivity index (χ3n) is 3.30. The van der Waals surface area contributed by atoms with Gasteiger partial charge in [-0.1, -0.05) is 31.5 Å². The highest BCUT2D eigenvalue weighted by Crippen LogP contribution is 2.21. The van der Waals surface area contributed by atoms with Gasteiger partial charge in [0, 0.05) is 25.5 Å². The lowest BCUT2D eigenvalue weighted by atomic mass is 10.2. The molecule has 0 unspecified atom stereocenters. The molecule has 1 aromatic heterocycles. The second-order valence-electron chi connectivity index (χ2n) is 5.79. The predicted molar refractivity (Wildman–Crippen MR) is 87.8 cm³/mol. The smallest absolute Gasteiger partial charge is 0.151 e. The van der Waals surface area contributed by atoms with Crippen LogP contribution >= 0.6 is 0 Å². The normalized spacial score (nSPS) is 10.9. The second-order valence-corrected chi connectivity index (χ2v) is 5.79. The van der Waals surface area contributed by atoms with Crippen LogP contribution in [0.25, 0.3) is 0 Å². The Morgan fingerprint density at radius 2 is 1.86 bits per heavy atom. The zero-order valence-electron chi connectivity index (χ0n) is 13.3. The molecule has 1 aromatic carbocycles. The topological polar surface area (TPSA) is 41.1 Å². The van der Waals surface area contributed by atoms with Crippen LogP contribution in [0.4, 0.5) is 11.5 Å². The molecule has 4 heteroatoms. The minimum atomic E-state index is 0.636. The van der Waals surface area contributed by atoms with Gasteiger partial charge in [-0.25, -0.2) is 4.98 Å². The zero-order valence-corrected chi connectivity index (χ0v) is 13.3. The Hall–Kier alpha value is -1.94. The second kappa shape index (κ2) is 7.18. The van der Waals surface area contributed by atoms with Crippen LogP contribution in [0.5, 0.6) is 0 Å². The zero-order chi connectivity index (χ0) is 15.2. The van der Waals surface area contributed by atoms with Crippen LogP contribution < -0.4 is 10.2 Å². The molecule has 4 nitrogen and oxygen atoms in total. The first-order valence-electron chi connectivity index (χ1n) is 7.38. The minimum absolute atomic E-state index is 0.636. The van der Waals surface area contributed by atoms with Crippen molar-refractivity contribution in [1.29, 1.82) is 0 Å². The highest BCUT2D eigenvalue weighted by atomic mass is 15.2. The van der Waals surface area contributed by atoms with E-state index in [1.165, 1.54) is 5.56 Å². The average Bonchev–Trinajstić information content (AvgIpc) is 2.47. The fraction of sp³-hybridized carbons (Fsp3) is 0.412. The maximum atomic E-state index is 4.67. The first-order chi connectivity index (χ1) is 10.1. The minimum Gasteiger partial charge on any atom is -0.328 e. The lowest BCUT2D eigenvalue weighted by Gasteiger charge is -2.18. The van der Waals surface area contributed by atoms with E-state index in [0.717, 1.165) is 30.3 Å². The maximum absolute atomic E-state index is 4.67. The third kappa shape index (κ3) is 4.53. The number of nitrogens with zero attached hydrogens (tertiary/aromatic N) is 3. The van der Waals surface area contributed by atoms with Crippen LogP contribution in [0.2, 0.25) is 0 Å². The Morgan fingerprint density at radius 1 is 1.14 bits per heavy atom. The summed E-state index contributed by atoms with van der Waals surface area (Å²) in [7, 11) is 2.01. The van der Waals surface area contributed by atoms with E-state index in [1.807, 2.05) is 13.2 Å². The number of hydrogen-bond donors (Lipinski definition) is 1. The molecule has 0 aliphatic rings. The highest BCUT2D eigenvalue weighted by Gasteiger charge is 2.07. The predicted octanol–water partition coefficient (Wildman–Crippen LogP) is 3.30. The highest BCUT2D eigenvalue weighted by molar-refractivity contribution is 5.58. The summed E-state index contributed by atoms with van der Waals surface area (Å²) >= 11 is 0. The summed E-state index contributed by atoms with van der Waals surface area (Å²) in [5.74, 6) is 1.50. The van der Waals surface area contributed by atoms with Crippen molar-refractivity contribution >= 4 is 11.5 Å². The Morgan fingerprint density at radius 3 is 2.52 bits per heavy atom. The summed E-state index contributed by atoms with van der Waals surface area (Å²) < 4.78 is 0. The largest absolute Gasteiger partial charge is 0.328 e. The van der Waals surface area contributed by atoms with E-state index >= 15 is 0 Å². The molecule has 112 valence electrons. The standard InChI is InChI=1S/C17H24N4/c1-13(2)9-18-10-15-11-19-12-17(20-15)21(4)16-7-5-14(3)6-8-16/h5-8,11-13,18H,9-10H2,1-4H3. The van der Waals surface area contributed by atoms with Crippen LogP contribution in [0, 0.1) is 12.8 Å². The number of benzene rings is 1. The molecule has 1 N–H and O–H groups in total. The van der Waals surface area contributed by atoms with E-state index in [2.05, 4.69) is 65.2 Å². The lowest BCUT2D eigenvalue weighted by Crippen LogP contribution is -2.20. The molecule has 0 radical (unpaired) electrons. The van der Waals surface area contributed by atoms with Gasteiger partial charge < -0.3 is 10.2 Å².